The third-order valence-corrected chi connectivity index (χ3v) is 4.66. The quantitative estimate of drug-likeness (QED) is 0.347. The highest BCUT2D eigenvalue weighted by Gasteiger charge is 2.08. The van der Waals surface area contributed by atoms with E-state index in [0.717, 1.165) is 17.0 Å². The van der Waals surface area contributed by atoms with E-state index in [0.29, 0.717) is 24.0 Å². The summed E-state index contributed by atoms with van der Waals surface area (Å²) in [6.07, 6.45) is 1.74. The summed E-state index contributed by atoms with van der Waals surface area (Å²) in [6, 6.07) is 19.5. The predicted octanol–water partition coefficient (Wildman–Crippen LogP) is 6.38. The minimum atomic E-state index is 0.499. The van der Waals surface area contributed by atoms with E-state index >= 15 is 0 Å². The van der Waals surface area contributed by atoms with Crippen LogP contribution in [0.2, 0.25) is 5.02 Å². The zero-order valence-corrected chi connectivity index (χ0v) is 17.7. The van der Waals surface area contributed by atoms with Crippen molar-refractivity contribution in [1.29, 1.82) is 0 Å². The van der Waals surface area contributed by atoms with E-state index in [9.17, 15) is 0 Å². The van der Waals surface area contributed by atoms with Gasteiger partial charge in [-0.1, -0.05) is 35.4 Å². The zero-order chi connectivity index (χ0) is 20.6. The first kappa shape index (κ1) is 20.7. The molecular formula is C24H25ClN2O2. The Morgan fingerprint density at radius 2 is 1.72 bits per heavy atom. The van der Waals surface area contributed by atoms with Crippen LogP contribution in [0.4, 0.5) is 5.69 Å². The lowest BCUT2D eigenvalue weighted by Crippen LogP contribution is -2.02. The van der Waals surface area contributed by atoms with Crippen molar-refractivity contribution in [1.82, 2.24) is 0 Å². The molecule has 0 aromatic heterocycles. The first-order valence-corrected chi connectivity index (χ1v) is 9.93. The molecule has 150 valence electrons. The maximum absolute atomic E-state index is 6.05. The number of halogens is 1. The molecule has 4 nitrogen and oxygen atoms in total. The molecule has 0 aliphatic heterocycles. The number of hydrazone groups is 1. The van der Waals surface area contributed by atoms with Crippen LogP contribution in [-0.4, -0.2) is 12.8 Å². The number of aryl methyl sites for hydroxylation is 2. The molecule has 0 aliphatic rings. The molecule has 0 fully saturated rings. The van der Waals surface area contributed by atoms with Crippen molar-refractivity contribution < 1.29 is 9.47 Å². The highest BCUT2D eigenvalue weighted by Crippen LogP contribution is 2.29. The number of hydrogen-bond donors (Lipinski definition) is 1. The second kappa shape index (κ2) is 9.99. The van der Waals surface area contributed by atoms with Gasteiger partial charge in [0.2, 0.25) is 0 Å². The van der Waals surface area contributed by atoms with Crippen LogP contribution in [0.1, 0.15) is 29.2 Å². The SMILES string of the molecule is CCOc1cc(/C=N/Nc2ccc(Cl)cc2)ccc1OCc1cc(C)ccc1C. The smallest absolute Gasteiger partial charge is 0.161 e. The largest absolute Gasteiger partial charge is 0.490 e. The van der Waals surface area contributed by atoms with Crippen molar-refractivity contribution in [3.63, 3.8) is 0 Å². The van der Waals surface area contributed by atoms with Crippen LogP contribution >= 0.6 is 11.6 Å². The fourth-order valence-electron chi connectivity index (χ4n) is 2.81. The third-order valence-electron chi connectivity index (χ3n) is 4.41. The topological polar surface area (TPSA) is 42.8 Å². The van der Waals surface area contributed by atoms with Crippen molar-refractivity contribution in [2.45, 2.75) is 27.4 Å². The van der Waals surface area contributed by atoms with E-state index in [4.69, 9.17) is 21.1 Å². The average Bonchev–Trinajstić information content (AvgIpc) is 2.71. The van der Waals surface area contributed by atoms with Crippen molar-refractivity contribution in [3.05, 3.63) is 87.9 Å². The van der Waals surface area contributed by atoms with Crippen molar-refractivity contribution in [2.75, 3.05) is 12.0 Å². The normalized spacial score (nSPS) is 10.9. The number of rotatable bonds is 8. The van der Waals surface area contributed by atoms with Gasteiger partial charge in [0.15, 0.2) is 11.5 Å². The molecule has 0 heterocycles. The van der Waals surface area contributed by atoms with Crippen LogP contribution in [0.5, 0.6) is 11.5 Å². The number of ether oxygens (including phenoxy) is 2. The van der Waals surface area contributed by atoms with Crippen LogP contribution in [-0.2, 0) is 6.61 Å². The molecule has 0 saturated carbocycles. The van der Waals surface area contributed by atoms with Crippen molar-refractivity contribution >= 4 is 23.5 Å². The molecule has 0 bridgehead atoms. The van der Waals surface area contributed by atoms with Crippen LogP contribution < -0.4 is 14.9 Å². The Balaban J connectivity index is 1.69. The van der Waals surface area contributed by atoms with Gasteiger partial charge in [-0.3, -0.25) is 5.43 Å². The number of anilines is 1. The molecule has 3 aromatic carbocycles. The van der Waals surface area contributed by atoms with E-state index in [1.165, 1.54) is 16.7 Å². The Bertz CT molecular complexity index is 985. The molecule has 0 aliphatic carbocycles. The molecule has 0 spiro atoms. The number of nitrogens with one attached hydrogen (secondary N) is 1. The summed E-state index contributed by atoms with van der Waals surface area (Å²) in [5.74, 6) is 1.42. The van der Waals surface area contributed by atoms with Gasteiger partial charge in [-0.25, -0.2) is 0 Å². The Kier molecular flexibility index (Phi) is 7.14. The lowest BCUT2D eigenvalue weighted by Gasteiger charge is -2.14. The van der Waals surface area contributed by atoms with Crippen LogP contribution in [0, 0.1) is 13.8 Å². The van der Waals surface area contributed by atoms with Gasteiger partial charge < -0.3 is 9.47 Å². The molecule has 0 atom stereocenters. The summed E-state index contributed by atoms with van der Waals surface area (Å²) >= 11 is 5.89. The van der Waals surface area contributed by atoms with Crippen LogP contribution in [0.25, 0.3) is 0 Å². The highest BCUT2D eigenvalue weighted by molar-refractivity contribution is 6.30. The second-order valence-corrected chi connectivity index (χ2v) is 7.17. The van der Waals surface area contributed by atoms with E-state index in [2.05, 4.69) is 42.6 Å². The summed E-state index contributed by atoms with van der Waals surface area (Å²) in [6.45, 7) is 7.19. The van der Waals surface area contributed by atoms with Crippen LogP contribution in [0.15, 0.2) is 65.8 Å². The van der Waals surface area contributed by atoms with Crippen molar-refractivity contribution in [2.24, 2.45) is 5.10 Å². The van der Waals surface area contributed by atoms with Gasteiger partial charge >= 0.3 is 0 Å². The lowest BCUT2D eigenvalue weighted by atomic mass is 10.1. The molecule has 3 rings (SSSR count). The monoisotopic (exact) mass is 408 g/mol. The Hall–Kier alpha value is -2.98. The number of benzene rings is 3. The molecule has 0 saturated heterocycles. The Morgan fingerprint density at radius 3 is 2.48 bits per heavy atom. The number of hydrogen-bond acceptors (Lipinski definition) is 4. The van der Waals surface area contributed by atoms with E-state index in [1.54, 1.807) is 6.21 Å². The van der Waals surface area contributed by atoms with Gasteiger partial charge in [0.25, 0.3) is 0 Å². The minimum absolute atomic E-state index is 0.499. The molecule has 5 heteroatoms. The molecular weight excluding hydrogens is 384 g/mol. The predicted molar refractivity (Wildman–Crippen MR) is 121 cm³/mol. The summed E-state index contributed by atoms with van der Waals surface area (Å²) in [4.78, 5) is 0. The molecule has 0 amide bonds. The number of nitrogens with zero attached hydrogens (tertiary/aromatic N) is 1. The Labute approximate surface area is 177 Å². The lowest BCUT2D eigenvalue weighted by molar-refractivity contribution is 0.269. The zero-order valence-electron chi connectivity index (χ0n) is 16.9. The van der Waals surface area contributed by atoms with E-state index in [-0.39, 0.29) is 0 Å². The molecule has 0 unspecified atom stereocenters. The van der Waals surface area contributed by atoms with Gasteiger partial charge in [0.1, 0.15) is 6.61 Å². The summed E-state index contributed by atoms with van der Waals surface area (Å²) in [5, 5.41) is 4.96. The van der Waals surface area contributed by atoms with Gasteiger partial charge in [-0.15, -0.1) is 0 Å². The van der Waals surface area contributed by atoms with Gasteiger partial charge in [0, 0.05) is 5.02 Å². The van der Waals surface area contributed by atoms with Crippen molar-refractivity contribution in [3.8, 4) is 11.5 Å². The van der Waals surface area contributed by atoms with Gasteiger partial charge in [-0.2, -0.15) is 5.10 Å². The first-order chi connectivity index (χ1) is 14.0. The summed E-state index contributed by atoms with van der Waals surface area (Å²) in [7, 11) is 0. The van der Waals surface area contributed by atoms with E-state index < -0.39 is 0 Å². The fraction of sp³-hybridized carbons (Fsp3) is 0.208. The molecule has 1 N–H and O–H groups in total. The van der Waals surface area contributed by atoms with E-state index in [1.807, 2.05) is 49.4 Å². The standard InChI is InChI=1S/C24H25ClN2O2/c1-4-28-24-14-19(15-26-27-22-10-8-21(25)9-11-22)7-12-23(24)29-16-20-13-17(2)5-6-18(20)3/h5-15,27H,4,16H2,1-3H3/b26-15+. The fourth-order valence-corrected chi connectivity index (χ4v) is 2.94. The third kappa shape index (κ3) is 6.00. The molecule has 29 heavy (non-hydrogen) atoms. The maximum Gasteiger partial charge on any atom is 0.161 e. The van der Waals surface area contributed by atoms with Crippen LogP contribution in [0.3, 0.4) is 0 Å². The maximum atomic E-state index is 6.05. The Morgan fingerprint density at radius 1 is 0.931 bits per heavy atom. The van der Waals surface area contributed by atoms with Gasteiger partial charge in [0.05, 0.1) is 18.5 Å². The summed E-state index contributed by atoms with van der Waals surface area (Å²) in [5.41, 5.74) is 8.37. The molecule has 0 radical (unpaired) electrons. The minimum Gasteiger partial charge on any atom is -0.490 e. The average molecular weight is 409 g/mol. The second-order valence-electron chi connectivity index (χ2n) is 6.73. The summed E-state index contributed by atoms with van der Waals surface area (Å²) < 4.78 is 11.8. The first-order valence-electron chi connectivity index (χ1n) is 9.55. The highest BCUT2D eigenvalue weighted by atomic mass is 35.5. The van der Waals surface area contributed by atoms with Gasteiger partial charge in [-0.05, 0) is 79.9 Å². The molecule has 3 aromatic rings.